The number of hydrogen-bond acceptors (Lipinski definition) is 4. The van der Waals surface area contributed by atoms with Crippen LogP contribution < -0.4 is 5.32 Å². The molecule has 0 aliphatic carbocycles. The van der Waals surface area contributed by atoms with Crippen LogP contribution in [-0.2, 0) is 9.84 Å². The van der Waals surface area contributed by atoms with Crippen molar-refractivity contribution in [3.63, 3.8) is 0 Å². The zero-order chi connectivity index (χ0) is 14.3. The summed E-state index contributed by atoms with van der Waals surface area (Å²) in [6, 6.07) is 1.52. The van der Waals surface area contributed by atoms with Crippen molar-refractivity contribution in [3.8, 4) is 0 Å². The normalized spacial score (nSPS) is 44.6. The molecule has 0 aromatic heterocycles. The van der Waals surface area contributed by atoms with Gasteiger partial charge in [0.25, 0.3) is 0 Å². The van der Waals surface area contributed by atoms with E-state index in [4.69, 9.17) is 0 Å². The zero-order valence-electron chi connectivity index (χ0n) is 12.7. The van der Waals surface area contributed by atoms with Crippen molar-refractivity contribution >= 4 is 9.84 Å². The molecule has 1 N–H and O–H groups in total. The Balaban J connectivity index is 1.50. The smallest absolute Gasteiger partial charge is 0.157 e. The SMILES string of the molecule is CC1CN(CCC2CC3CCC(C2)N3)CC(C)S1(=O)=O. The van der Waals surface area contributed by atoms with Crippen LogP contribution in [0.15, 0.2) is 0 Å². The molecule has 3 heterocycles. The van der Waals surface area contributed by atoms with Gasteiger partial charge in [-0.2, -0.15) is 0 Å². The maximum Gasteiger partial charge on any atom is 0.157 e. The second kappa shape index (κ2) is 5.58. The topological polar surface area (TPSA) is 49.4 Å². The van der Waals surface area contributed by atoms with Crippen molar-refractivity contribution in [3.05, 3.63) is 0 Å². The number of nitrogens with one attached hydrogen (secondary N) is 1. The fraction of sp³-hybridized carbons (Fsp3) is 1.00. The lowest BCUT2D eigenvalue weighted by Crippen LogP contribution is -2.50. The summed E-state index contributed by atoms with van der Waals surface area (Å²) >= 11 is 0. The van der Waals surface area contributed by atoms with Crippen LogP contribution in [0.4, 0.5) is 0 Å². The Hall–Kier alpha value is -0.130. The van der Waals surface area contributed by atoms with E-state index in [0.29, 0.717) is 0 Å². The lowest BCUT2D eigenvalue weighted by atomic mass is 9.89. The molecular formula is C15H28N2O2S. The van der Waals surface area contributed by atoms with Crippen molar-refractivity contribution in [2.45, 2.75) is 68.5 Å². The highest BCUT2D eigenvalue weighted by atomic mass is 32.2. The predicted molar refractivity (Wildman–Crippen MR) is 81.6 cm³/mol. The first kappa shape index (κ1) is 14.8. The lowest BCUT2D eigenvalue weighted by molar-refractivity contribution is 0.212. The molecule has 0 spiro atoms. The summed E-state index contributed by atoms with van der Waals surface area (Å²) in [5.41, 5.74) is 0. The van der Waals surface area contributed by atoms with Crippen molar-refractivity contribution in [1.29, 1.82) is 0 Å². The first-order valence-electron chi connectivity index (χ1n) is 8.16. The minimum absolute atomic E-state index is 0.199. The van der Waals surface area contributed by atoms with Crippen LogP contribution in [0.1, 0.15) is 46.0 Å². The summed E-state index contributed by atoms with van der Waals surface area (Å²) < 4.78 is 24.0. The van der Waals surface area contributed by atoms with E-state index in [9.17, 15) is 8.42 Å². The van der Waals surface area contributed by atoms with E-state index in [1.807, 2.05) is 13.8 Å². The molecule has 3 fully saturated rings. The Kier molecular flexibility index (Phi) is 4.13. The maximum atomic E-state index is 12.0. The van der Waals surface area contributed by atoms with Gasteiger partial charge in [-0.05, 0) is 58.4 Å². The number of hydrogen-bond donors (Lipinski definition) is 1. The molecule has 2 bridgehead atoms. The number of sulfone groups is 1. The second-order valence-electron chi connectivity index (χ2n) is 7.23. The van der Waals surface area contributed by atoms with Gasteiger partial charge in [-0.3, -0.25) is 0 Å². The van der Waals surface area contributed by atoms with Gasteiger partial charge in [-0.15, -0.1) is 0 Å². The fourth-order valence-electron chi connectivity index (χ4n) is 4.36. The van der Waals surface area contributed by atoms with E-state index in [2.05, 4.69) is 10.2 Å². The second-order valence-corrected chi connectivity index (χ2v) is 10.0. The number of fused-ring (bicyclic) bond motifs is 2. The zero-order valence-corrected chi connectivity index (χ0v) is 13.5. The lowest BCUT2D eigenvalue weighted by Gasteiger charge is -2.36. The van der Waals surface area contributed by atoms with E-state index in [0.717, 1.165) is 37.6 Å². The Morgan fingerprint density at radius 1 is 1.05 bits per heavy atom. The van der Waals surface area contributed by atoms with Gasteiger partial charge in [0.1, 0.15) is 0 Å². The van der Waals surface area contributed by atoms with Gasteiger partial charge in [0.2, 0.25) is 0 Å². The molecule has 0 aromatic rings. The van der Waals surface area contributed by atoms with Crippen molar-refractivity contribution in [2.75, 3.05) is 19.6 Å². The van der Waals surface area contributed by atoms with Crippen molar-refractivity contribution in [1.82, 2.24) is 10.2 Å². The van der Waals surface area contributed by atoms with E-state index in [1.165, 1.54) is 32.1 Å². The van der Waals surface area contributed by atoms with Crippen LogP contribution in [0.2, 0.25) is 0 Å². The third kappa shape index (κ3) is 2.90. The average molecular weight is 300 g/mol. The summed E-state index contributed by atoms with van der Waals surface area (Å²) in [7, 11) is -2.88. The molecule has 4 atom stereocenters. The number of piperidine rings is 1. The largest absolute Gasteiger partial charge is 0.311 e. The monoisotopic (exact) mass is 300 g/mol. The predicted octanol–water partition coefficient (Wildman–Crippen LogP) is 1.41. The molecule has 3 rings (SSSR count). The van der Waals surface area contributed by atoms with E-state index < -0.39 is 9.84 Å². The summed E-state index contributed by atoms with van der Waals surface area (Å²) in [5.74, 6) is 0.845. The molecule has 3 aliphatic rings. The molecular weight excluding hydrogens is 272 g/mol. The molecule has 116 valence electrons. The van der Waals surface area contributed by atoms with Crippen molar-refractivity contribution in [2.24, 2.45) is 5.92 Å². The molecule has 0 radical (unpaired) electrons. The number of nitrogens with zero attached hydrogens (tertiary/aromatic N) is 1. The van der Waals surface area contributed by atoms with Gasteiger partial charge < -0.3 is 10.2 Å². The number of rotatable bonds is 3. The fourth-order valence-corrected chi connectivity index (χ4v) is 6.00. The Morgan fingerprint density at radius 3 is 2.15 bits per heavy atom. The molecule has 3 saturated heterocycles. The highest BCUT2D eigenvalue weighted by Crippen LogP contribution is 2.33. The van der Waals surface area contributed by atoms with Crippen LogP contribution >= 0.6 is 0 Å². The molecule has 4 nitrogen and oxygen atoms in total. The summed E-state index contributed by atoms with van der Waals surface area (Å²) in [5, 5.41) is 3.29. The first-order chi connectivity index (χ1) is 9.45. The van der Waals surface area contributed by atoms with Gasteiger partial charge in [-0.1, -0.05) is 0 Å². The third-order valence-corrected chi connectivity index (χ3v) is 8.12. The van der Waals surface area contributed by atoms with Crippen LogP contribution in [-0.4, -0.2) is 55.5 Å². The molecule has 3 aliphatic heterocycles. The molecule has 0 aromatic carbocycles. The molecule has 4 unspecified atom stereocenters. The third-order valence-electron chi connectivity index (χ3n) is 5.58. The van der Waals surface area contributed by atoms with E-state index >= 15 is 0 Å². The molecule has 0 amide bonds. The average Bonchev–Trinajstić information content (AvgIpc) is 2.73. The summed E-state index contributed by atoms with van der Waals surface area (Å²) in [6.07, 6.45) is 6.62. The summed E-state index contributed by atoms with van der Waals surface area (Å²) in [6.45, 7) is 6.26. The Morgan fingerprint density at radius 2 is 1.60 bits per heavy atom. The van der Waals surface area contributed by atoms with Gasteiger partial charge >= 0.3 is 0 Å². The van der Waals surface area contributed by atoms with Crippen molar-refractivity contribution < 1.29 is 8.42 Å². The minimum atomic E-state index is -2.88. The van der Waals surface area contributed by atoms with Crippen LogP contribution in [0.3, 0.4) is 0 Å². The van der Waals surface area contributed by atoms with Crippen LogP contribution in [0, 0.1) is 5.92 Å². The van der Waals surface area contributed by atoms with E-state index in [-0.39, 0.29) is 10.5 Å². The summed E-state index contributed by atoms with van der Waals surface area (Å²) in [4.78, 5) is 2.38. The van der Waals surface area contributed by atoms with Gasteiger partial charge in [0.05, 0.1) is 10.5 Å². The first-order valence-corrected chi connectivity index (χ1v) is 9.77. The highest BCUT2D eigenvalue weighted by molar-refractivity contribution is 7.92. The van der Waals surface area contributed by atoms with Gasteiger partial charge in [0.15, 0.2) is 9.84 Å². The van der Waals surface area contributed by atoms with Gasteiger partial charge in [-0.25, -0.2) is 8.42 Å². The van der Waals surface area contributed by atoms with Gasteiger partial charge in [0, 0.05) is 25.2 Å². The maximum absolute atomic E-state index is 12.0. The van der Waals surface area contributed by atoms with Crippen LogP contribution in [0.5, 0.6) is 0 Å². The highest BCUT2D eigenvalue weighted by Gasteiger charge is 2.37. The minimum Gasteiger partial charge on any atom is -0.311 e. The molecule has 5 heteroatoms. The standard InChI is InChI=1S/C15H28N2O2S/c1-11-9-17(10-12(2)20(11,18)19)6-5-13-7-14-3-4-15(8-13)16-14/h11-16H,3-10H2,1-2H3. The van der Waals surface area contributed by atoms with E-state index in [1.54, 1.807) is 0 Å². The molecule has 20 heavy (non-hydrogen) atoms. The molecule has 0 saturated carbocycles. The quantitative estimate of drug-likeness (QED) is 0.856. The Labute approximate surface area is 123 Å². The van der Waals surface area contributed by atoms with Crippen LogP contribution in [0.25, 0.3) is 0 Å². The Bertz CT molecular complexity index is 421.